The molecule has 0 aromatic carbocycles. The molecular weight excluding hydrogens is 224 g/mol. The van der Waals surface area contributed by atoms with Crippen LogP contribution in [0.4, 0.5) is 0 Å². The van der Waals surface area contributed by atoms with Gasteiger partial charge in [-0.25, -0.2) is 4.79 Å². The van der Waals surface area contributed by atoms with E-state index in [0.29, 0.717) is 0 Å². The van der Waals surface area contributed by atoms with E-state index in [1.165, 1.54) is 18.5 Å². The average Bonchev–Trinajstić information content (AvgIpc) is 2.19. The summed E-state index contributed by atoms with van der Waals surface area (Å²) in [6, 6.07) is 3.07. The molecule has 0 radical (unpaired) electrons. The van der Waals surface area contributed by atoms with Crippen LogP contribution in [-0.4, -0.2) is 23.5 Å². The van der Waals surface area contributed by atoms with Crippen LogP contribution in [0.5, 0.6) is 0 Å². The van der Waals surface area contributed by atoms with Crippen LogP contribution in [-0.2, 0) is 26.9 Å². The first-order valence-corrected chi connectivity index (χ1v) is 3.59. The fraction of sp³-hybridized carbons (Fsp3) is 0.125. The molecule has 0 aliphatic rings. The van der Waals surface area contributed by atoms with Gasteiger partial charge in [0.2, 0.25) is 0 Å². The first-order valence-electron chi connectivity index (χ1n) is 3.59. The van der Waals surface area contributed by atoms with Crippen LogP contribution in [0.25, 0.3) is 0 Å². The Balaban J connectivity index is 0.00000169. The van der Waals surface area contributed by atoms with Crippen LogP contribution in [0.3, 0.4) is 0 Å². The third-order valence-electron chi connectivity index (χ3n) is 1.27. The molecule has 1 aromatic heterocycles. The number of nitrogens with two attached hydrogens (primary N) is 1. The number of rotatable bonds is 2. The molecule has 0 aliphatic carbocycles. The molecular formula is C8H8CrN2O3. The largest absolute Gasteiger partial charge is 0.388 e. The zero-order valence-corrected chi connectivity index (χ0v) is 8.45. The average molecular weight is 232 g/mol. The van der Waals surface area contributed by atoms with Crippen LogP contribution >= 0.6 is 0 Å². The van der Waals surface area contributed by atoms with Crippen molar-refractivity contribution in [1.82, 2.24) is 4.98 Å². The van der Waals surface area contributed by atoms with Crippen molar-refractivity contribution in [1.29, 1.82) is 0 Å². The van der Waals surface area contributed by atoms with Gasteiger partial charge in [-0.2, -0.15) is 0 Å². The Hall–Kier alpha value is -1.22. The standard InChI is InChI=1S/C8H8N2O3.Cr/c9-4-7(11)13-8(12)6-2-1-3-10-5-6;/h1-3,5H,4,9H2;. The van der Waals surface area contributed by atoms with Crippen LogP contribution in [0.15, 0.2) is 24.5 Å². The van der Waals surface area contributed by atoms with Crippen LogP contribution < -0.4 is 5.73 Å². The minimum Gasteiger partial charge on any atom is -0.388 e. The van der Waals surface area contributed by atoms with Crippen molar-refractivity contribution >= 4 is 11.9 Å². The Morgan fingerprint density at radius 2 is 2.21 bits per heavy atom. The summed E-state index contributed by atoms with van der Waals surface area (Å²) in [6.45, 7) is -0.313. The van der Waals surface area contributed by atoms with Gasteiger partial charge in [-0.05, 0) is 12.1 Å². The van der Waals surface area contributed by atoms with Gasteiger partial charge in [0.1, 0.15) is 0 Å². The SMILES string of the molecule is NCC(=O)OC(=O)c1cccnc1.[Cr]. The van der Waals surface area contributed by atoms with Gasteiger partial charge in [-0.15, -0.1) is 0 Å². The second-order valence-electron chi connectivity index (χ2n) is 2.21. The normalized spacial score (nSPS) is 8.64. The molecule has 0 aliphatic heterocycles. The zero-order chi connectivity index (χ0) is 9.68. The summed E-state index contributed by atoms with van der Waals surface area (Å²) in [7, 11) is 0. The van der Waals surface area contributed by atoms with E-state index in [0.717, 1.165) is 0 Å². The summed E-state index contributed by atoms with van der Waals surface area (Å²) < 4.78 is 4.34. The van der Waals surface area contributed by atoms with E-state index in [9.17, 15) is 9.59 Å². The van der Waals surface area contributed by atoms with E-state index in [2.05, 4.69) is 9.72 Å². The number of hydrogen-bond donors (Lipinski definition) is 1. The maximum atomic E-state index is 11.1. The van der Waals surface area contributed by atoms with Gasteiger partial charge in [0.05, 0.1) is 12.1 Å². The Kier molecular flexibility index (Phi) is 5.72. The quantitative estimate of drug-likeness (QED) is 0.560. The maximum absolute atomic E-state index is 11.1. The van der Waals surface area contributed by atoms with Crippen LogP contribution in [0, 0.1) is 0 Å². The monoisotopic (exact) mass is 232 g/mol. The molecule has 0 spiro atoms. The predicted molar refractivity (Wildman–Crippen MR) is 43.7 cm³/mol. The predicted octanol–water partition coefficient (Wildman–Crippen LogP) is -0.279. The first kappa shape index (κ1) is 12.8. The Morgan fingerprint density at radius 1 is 1.50 bits per heavy atom. The van der Waals surface area contributed by atoms with Crippen molar-refractivity contribution in [2.45, 2.75) is 0 Å². The van der Waals surface area contributed by atoms with Crippen molar-refractivity contribution in [2.24, 2.45) is 5.73 Å². The van der Waals surface area contributed by atoms with E-state index in [-0.39, 0.29) is 29.5 Å². The topological polar surface area (TPSA) is 82.3 Å². The van der Waals surface area contributed by atoms with E-state index >= 15 is 0 Å². The third-order valence-corrected chi connectivity index (χ3v) is 1.27. The second kappa shape index (κ2) is 6.27. The molecule has 6 heteroatoms. The van der Waals surface area contributed by atoms with Gasteiger partial charge in [0.25, 0.3) is 0 Å². The summed E-state index contributed by atoms with van der Waals surface area (Å²) in [6.07, 6.45) is 2.83. The van der Waals surface area contributed by atoms with Gasteiger partial charge in [0, 0.05) is 29.8 Å². The number of hydrogen-bond acceptors (Lipinski definition) is 5. The van der Waals surface area contributed by atoms with Gasteiger partial charge in [-0.3, -0.25) is 9.78 Å². The fourth-order valence-electron chi connectivity index (χ4n) is 0.687. The number of esters is 2. The van der Waals surface area contributed by atoms with Gasteiger partial charge >= 0.3 is 11.9 Å². The number of aromatic nitrogens is 1. The molecule has 1 heterocycles. The van der Waals surface area contributed by atoms with Crippen molar-refractivity contribution in [3.63, 3.8) is 0 Å². The van der Waals surface area contributed by atoms with E-state index < -0.39 is 11.9 Å². The molecule has 14 heavy (non-hydrogen) atoms. The zero-order valence-electron chi connectivity index (χ0n) is 7.17. The molecule has 2 N–H and O–H groups in total. The molecule has 0 bridgehead atoms. The molecule has 0 fully saturated rings. The number of nitrogens with zero attached hydrogens (tertiary/aromatic N) is 1. The van der Waals surface area contributed by atoms with Gasteiger partial charge < -0.3 is 10.5 Å². The van der Waals surface area contributed by atoms with Crippen molar-refractivity contribution in [3.05, 3.63) is 30.1 Å². The Labute approximate surface area is 91.4 Å². The molecule has 0 amide bonds. The van der Waals surface area contributed by atoms with Gasteiger partial charge in [0.15, 0.2) is 0 Å². The smallest absolute Gasteiger partial charge is 0.347 e. The van der Waals surface area contributed by atoms with E-state index in [4.69, 9.17) is 5.73 Å². The Bertz CT molecular complexity index is 316. The summed E-state index contributed by atoms with van der Waals surface area (Å²) >= 11 is 0. The minimum absolute atomic E-state index is 0. The first-order chi connectivity index (χ1) is 6.24. The maximum Gasteiger partial charge on any atom is 0.347 e. The molecule has 1 rings (SSSR count). The van der Waals surface area contributed by atoms with Gasteiger partial charge in [-0.1, -0.05) is 0 Å². The molecule has 0 saturated heterocycles. The Morgan fingerprint density at radius 3 is 2.71 bits per heavy atom. The summed E-state index contributed by atoms with van der Waals surface area (Å²) in [5.41, 5.74) is 5.18. The number of carbonyl (C=O) groups excluding carboxylic acids is 2. The van der Waals surface area contributed by atoms with Crippen LogP contribution in [0.2, 0.25) is 0 Å². The molecule has 0 atom stereocenters. The fourth-order valence-corrected chi connectivity index (χ4v) is 0.687. The van der Waals surface area contributed by atoms with Crippen molar-refractivity contribution in [2.75, 3.05) is 6.54 Å². The van der Waals surface area contributed by atoms with Crippen molar-refractivity contribution < 1.29 is 31.7 Å². The minimum atomic E-state index is -0.756. The van der Waals surface area contributed by atoms with Crippen molar-refractivity contribution in [3.8, 4) is 0 Å². The molecule has 0 unspecified atom stereocenters. The summed E-state index contributed by atoms with van der Waals surface area (Å²) in [5, 5.41) is 0. The molecule has 74 valence electrons. The second-order valence-corrected chi connectivity index (χ2v) is 2.21. The molecule has 1 aromatic rings. The van der Waals surface area contributed by atoms with E-state index in [1.54, 1.807) is 6.07 Å². The number of carbonyl (C=O) groups is 2. The third kappa shape index (κ3) is 3.66. The number of pyridine rings is 1. The molecule has 5 nitrogen and oxygen atoms in total. The van der Waals surface area contributed by atoms with Crippen LogP contribution in [0.1, 0.15) is 10.4 Å². The summed E-state index contributed by atoms with van der Waals surface area (Å²) in [4.78, 5) is 25.4. The van der Waals surface area contributed by atoms with E-state index in [1.807, 2.05) is 0 Å². The summed E-state index contributed by atoms with van der Waals surface area (Å²) in [5.74, 6) is -1.49. The molecule has 0 saturated carbocycles. The number of ether oxygens (including phenoxy) is 1.